The first-order valence-electron chi connectivity index (χ1n) is 14.7. The van der Waals surface area contributed by atoms with Gasteiger partial charge in [0.25, 0.3) is 0 Å². The van der Waals surface area contributed by atoms with Crippen molar-refractivity contribution in [3.63, 3.8) is 0 Å². The minimum absolute atomic E-state index is 0.199. The van der Waals surface area contributed by atoms with Gasteiger partial charge < -0.3 is 25.5 Å². The topological polar surface area (TPSA) is 101 Å². The number of rotatable bonds is 10. The molecule has 212 valence electrons. The van der Waals surface area contributed by atoms with E-state index in [2.05, 4.69) is 25.7 Å². The van der Waals surface area contributed by atoms with Crippen LogP contribution in [0.3, 0.4) is 0 Å². The lowest BCUT2D eigenvalue weighted by Crippen LogP contribution is -2.39. The quantitative estimate of drug-likeness (QED) is 0.259. The maximum Gasteiger partial charge on any atom is 0.0849 e. The van der Waals surface area contributed by atoms with E-state index in [1.165, 1.54) is 24.8 Å². The Morgan fingerprint density at radius 3 is 2.41 bits per heavy atom. The van der Waals surface area contributed by atoms with Crippen LogP contribution in [0.25, 0.3) is 0 Å². The molecule has 0 aromatic carbocycles. The molecule has 0 saturated heterocycles. The van der Waals surface area contributed by atoms with Crippen LogP contribution < -0.4 is 0 Å². The Morgan fingerprint density at radius 1 is 1.05 bits per heavy atom. The highest BCUT2D eigenvalue weighted by atomic mass is 16.3. The lowest BCUT2D eigenvalue weighted by atomic mass is 9.60. The van der Waals surface area contributed by atoms with Crippen molar-refractivity contribution < 1.29 is 25.5 Å². The van der Waals surface area contributed by atoms with E-state index in [1.54, 1.807) is 13.8 Å². The van der Waals surface area contributed by atoms with Crippen molar-refractivity contribution in [1.82, 2.24) is 0 Å². The third-order valence-corrected chi connectivity index (χ3v) is 9.86. The van der Waals surface area contributed by atoms with Gasteiger partial charge in [-0.1, -0.05) is 44.1 Å². The van der Waals surface area contributed by atoms with Gasteiger partial charge in [-0.05, 0) is 120 Å². The van der Waals surface area contributed by atoms with Crippen molar-refractivity contribution in [2.75, 3.05) is 0 Å². The van der Waals surface area contributed by atoms with Crippen LogP contribution in [-0.2, 0) is 0 Å². The van der Waals surface area contributed by atoms with Crippen LogP contribution in [0.4, 0.5) is 0 Å². The van der Waals surface area contributed by atoms with Gasteiger partial charge in [0.15, 0.2) is 0 Å². The van der Waals surface area contributed by atoms with Crippen molar-refractivity contribution in [1.29, 1.82) is 0 Å². The second-order valence-electron chi connectivity index (χ2n) is 13.9. The summed E-state index contributed by atoms with van der Waals surface area (Å²) in [5.74, 6) is 1.53. The minimum atomic E-state index is -1.10. The second-order valence-corrected chi connectivity index (χ2v) is 13.9. The number of hydrogen-bond donors (Lipinski definition) is 5. The number of allylic oxidation sites excluding steroid dienone is 3. The van der Waals surface area contributed by atoms with E-state index < -0.39 is 29.5 Å². The third-order valence-electron chi connectivity index (χ3n) is 9.86. The molecule has 0 radical (unpaired) electrons. The normalized spacial score (nSPS) is 35.1. The van der Waals surface area contributed by atoms with E-state index in [4.69, 9.17) is 0 Å². The Kier molecular flexibility index (Phi) is 9.94. The fourth-order valence-corrected chi connectivity index (χ4v) is 7.59. The standard InChI is InChI=1S/C32H54O5/c1-21-24(19-25(33)20-28(21)34)12-11-22-10-8-18-32(6)26(22)14-15-27(32)23(9-7-17-30(2,3)36)13-16-29(35)31(4,5)37/h11-12,23,25-29,33-37H,1,7-10,13-20H2,2-6H3/b22-11-,24-12+/t23-,25+,26-,27+,28-,29-,32-/m0/s1. The fraction of sp³-hybridized carbons (Fsp3) is 0.812. The Labute approximate surface area is 225 Å². The van der Waals surface area contributed by atoms with Crippen LogP contribution in [-0.4, -0.2) is 55.0 Å². The molecule has 3 fully saturated rings. The molecule has 0 heterocycles. The summed E-state index contributed by atoms with van der Waals surface area (Å²) < 4.78 is 0. The minimum Gasteiger partial charge on any atom is -0.393 e. The summed E-state index contributed by atoms with van der Waals surface area (Å²) in [6.07, 6.45) is 13.4. The zero-order chi connectivity index (χ0) is 27.6. The van der Waals surface area contributed by atoms with E-state index in [1.807, 2.05) is 13.8 Å². The lowest BCUT2D eigenvalue weighted by Gasteiger charge is -2.45. The van der Waals surface area contributed by atoms with Crippen LogP contribution in [0.5, 0.6) is 0 Å². The molecule has 0 aromatic heterocycles. The molecule has 7 atom stereocenters. The van der Waals surface area contributed by atoms with Crippen molar-refractivity contribution in [3.8, 4) is 0 Å². The first kappa shape index (κ1) is 30.6. The molecule has 37 heavy (non-hydrogen) atoms. The van der Waals surface area contributed by atoms with E-state index in [9.17, 15) is 25.5 Å². The smallest absolute Gasteiger partial charge is 0.0849 e. The van der Waals surface area contributed by atoms with Crippen LogP contribution >= 0.6 is 0 Å². The highest BCUT2D eigenvalue weighted by molar-refractivity contribution is 5.38. The predicted molar refractivity (Wildman–Crippen MR) is 150 cm³/mol. The maximum absolute atomic E-state index is 10.6. The van der Waals surface area contributed by atoms with E-state index in [0.29, 0.717) is 37.0 Å². The average molecular weight is 519 g/mol. The summed E-state index contributed by atoms with van der Waals surface area (Å²) in [5, 5.41) is 51.5. The zero-order valence-electron chi connectivity index (χ0n) is 24.0. The maximum atomic E-state index is 10.6. The average Bonchev–Trinajstić information content (AvgIpc) is 3.13. The highest BCUT2D eigenvalue weighted by Gasteiger charge is 2.51. The molecular formula is C32H54O5. The molecule has 0 aliphatic heterocycles. The molecule has 0 unspecified atom stereocenters. The van der Waals surface area contributed by atoms with E-state index in [-0.39, 0.29) is 5.41 Å². The molecule has 3 rings (SSSR count). The Balaban J connectivity index is 1.79. The molecule has 3 saturated carbocycles. The van der Waals surface area contributed by atoms with Gasteiger partial charge in [-0.25, -0.2) is 0 Å². The van der Waals surface area contributed by atoms with Gasteiger partial charge in [0.1, 0.15) is 0 Å². The summed E-state index contributed by atoms with van der Waals surface area (Å²) in [6, 6.07) is 0. The van der Waals surface area contributed by atoms with Crippen molar-refractivity contribution >= 4 is 0 Å². The molecule has 0 amide bonds. The predicted octanol–water partition coefficient (Wildman–Crippen LogP) is 5.60. The van der Waals surface area contributed by atoms with Gasteiger partial charge >= 0.3 is 0 Å². The SMILES string of the molecule is C=C1/C(=C/C=C2/CCC[C@]3(C)[C@@H]([C@@H](CCCC(C)(C)O)CC[C@H](O)C(C)(C)O)CC[C@@H]23)C[C@@H](O)C[C@@H]1O. The van der Waals surface area contributed by atoms with E-state index >= 15 is 0 Å². The number of aliphatic hydroxyl groups is 5. The first-order chi connectivity index (χ1) is 17.1. The van der Waals surface area contributed by atoms with Crippen LogP contribution in [0.1, 0.15) is 112 Å². The number of fused-ring (bicyclic) bond motifs is 1. The summed E-state index contributed by atoms with van der Waals surface area (Å²) >= 11 is 0. The molecule has 0 bridgehead atoms. The lowest BCUT2D eigenvalue weighted by molar-refractivity contribution is -0.0563. The van der Waals surface area contributed by atoms with Crippen molar-refractivity contribution in [3.05, 3.63) is 35.5 Å². The molecule has 0 spiro atoms. The number of hydrogen-bond acceptors (Lipinski definition) is 5. The van der Waals surface area contributed by atoms with Crippen molar-refractivity contribution in [2.24, 2.45) is 23.2 Å². The van der Waals surface area contributed by atoms with Gasteiger partial charge in [0.05, 0.1) is 29.5 Å². The first-order valence-corrected chi connectivity index (χ1v) is 14.7. The van der Waals surface area contributed by atoms with Gasteiger partial charge in [-0.2, -0.15) is 0 Å². The van der Waals surface area contributed by atoms with Gasteiger partial charge in [0, 0.05) is 6.42 Å². The summed E-state index contributed by atoms with van der Waals surface area (Å²) in [7, 11) is 0. The molecule has 5 nitrogen and oxygen atoms in total. The largest absolute Gasteiger partial charge is 0.393 e. The highest BCUT2D eigenvalue weighted by Crippen LogP contribution is 2.60. The molecule has 5 heteroatoms. The van der Waals surface area contributed by atoms with Crippen LogP contribution in [0, 0.1) is 23.2 Å². The second kappa shape index (κ2) is 12.0. The van der Waals surface area contributed by atoms with E-state index in [0.717, 1.165) is 49.7 Å². The summed E-state index contributed by atoms with van der Waals surface area (Å²) in [4.78, 5) is 0. The molecule has 0 aromatic rings. The van der Waals surface area contributed by atoms with Gasteiger partial charge in [-0.15, -0.1) is 0 Å². The summed E-state index contributed by atoms with van der Waals surface area (Å²) in [6.45, 7) is 13.7. The van der Waals surface area contributed by atoms with Gasteiger partial charge in [0.2, 0.25) is 0 Å². The zero-order valence-corrected chi connectivity index (χ0v) is 24.0. The molecule has 5 N–H and O–H groups in total. The molecule has 3 aliphatic carbocycles. The fourth-order valence-electron chi connectivity index (χ4n) is 7.59. The molecular weight excluding hydrogens is 464 g/mol. The monoisotopic (exact) mass is 518 g/mol. The third kappa shape index (κ3) is 7.79. The Bertz CT molecular complexity index is 844. The van der Waals surface area contributed by atoms with Crippen LogP contribution in [0.15, 0.2) is 35.5 Å². The Morgan fingerprint density at radius 2 is 1.76 bits per heavy atom. The number of aliphatic hydroxyl groups excluding tert-OH is 3. The summed E-state index contributed by atoms with van der Waals surface area (Å²) in [5.41, 5.74) is 1.62. The Hall–Kier alpha value is -0.980. The van der Waals surface area contributed by atoms with Crippen molar-refractivity contribution in [2.45, 2.75) is 141 Å². The molecule has 3 aliphatic rings. The van der Waals surface area contributed by atoms with Crippen LogP contribution in [0.2, 0.25) is 0 Å². The van der Waals surface area contributed by atoms with Gasteiger partial charge in [-0.3, -0.25) is 0 Å².